The van der Waals surface area contributed by atoms with Crippen LogP contribution in [0.3, 0.4) is 0 Å². The summed E-state index contributed by atoms with van der Waals surface area (Å²) in [5.74, 6) is 0.616. The van der Waals surface area contributed by atoms with E-state index in [1.54, 1.807) is 13.8 Å². The lowest BCUT2D eigenvalue weighted by atomic mass is 10.2. The maximum absolute atomic E-state index is 12.2. The third-order valence-electron chi connectivity index (χ3n) is 3.58. The number of fused-ring (bicyclic) bond motifs is 1. The van der Waals surface area contributed by atoms with Gasteiger partial charge in [-0.25, -0.2) is 9.97 Å². The van der Waals surface area contributed by atoms with Crippen molar-refractivity contribution in [3.8, 4) is 0 Å². The van der Waals surface area contributed by atoms with Crippen LogP contribution in [-0.4, -0.2) is 25.8 Å². The number of amides is 1. The van der Waals surface area contributed by atoms with Crippen molar-refractivity contribution in [3.05, 3.63) is 57.5 Å². The minimum absolute atomic E-state index is 0.0191. The number of rotatable bonds is 3. The summed E-state index contributed by atoms with van der Waals surface area (Å²) in [6, 6.07) is 5.53. The molecule has 3 rings (SSSR count). The Morgan fingerprint density at radius 2 is 2.04 bits per heavy atom. The smallest absolute Gasteiger partial charge is 0.263 e. The Morgan fingerprint density at radius 3 is 2.78 bits per heavy atom. The number of aromatic amines is 2. The molecule has 0 saturated heterocycles. The Kier molecular flexibility index (Phi) is 3.69. The first-order valence-corrected chi connectivity index (χ1v) is 7.27. The second-order valence-electron chi connectivity index (χ2n) is 5.55. The van der Waals surface area contributed by atoms with Crippen molar-refractivity contribution in [1.29, 1.82) is 0 Å². The highest BCUT2D eigenvalue weighted by Gasteiger charge is 2.17. The van der Waals surface area contributed by atoms with Crippen molar-refractivity contribution in [2.24, 2.45) is 0 Å². The largest absolute Gasteiger partial charge is 0.342 e. The van der Waals surface area contributed by atoms with Crippen LogP contribution in [0, 0.1) is 13.8 Å². The highest BCUT2D eigenvalue weighted by atomic mass is 16.2. The van der Waals surface area contributed by atoms with Gasteiger partial charge >= 0.3 is 0 Å². The lowest BCUT2D eigenvalue weighted by Gasteiger charge is -2.10. The molecular formula is C16H17N5O2. The van der Waals surface area contributed by atoms with Gasteiger partial charge in [0, 0.05) is 6.20 Å². The minimum Gasteiger partial charge on any atom is -0.342 e. The summed E-state index contributed by atoms with van der Waals surface area (Å²) in [5, 5.41) is 2.76. The molecule has 0 aliphatic heterocycles. The number of aromatic nitrogens is 4. The lowest BCUT2D eigenvalue weighted by Crippen LogP contribution is -2.32. The van der Waals surface area contributed by atoms with Gasteiger partial charge in [-0.1, -0.05) is 6.07 Å². The Hall–Kier alpha value is -2.96. The van der Waals surface area contributed by atoms with Crippen molar-refractivity contribution >= 4 is 16.9 Å². The molecule has 0 radical (unpaired) electrons. The molecule has 3 aromatic rings. The van der Waals surface area contributed by atoms with Gasteiger partial charge in [-0.3, -0.25) is 9.59 Å². The van der Waals surface area contributed by atoms with Gasteiger partial charge in [-0.15, -0.1) is 0 Å². The van der Waals surface area contributed by atoms with E-state index >= 15 is 0 Å². The van der Waals surface area contributed by atoms with Crippen LogP contribution in [-0.2, 0) is 0 Å². The zero-order chi connectivity index (χ0) is 16.6. The Morgan fingerprint density at radius 1 is 1.26 bits per heavy atom. The first kappa shape index (κ1) is 15.0. The standard InChI is InChI=1S/C16H17N5O2/c1-8-4-5-12-13(6-8)21-14(20-12)9(2)18-15(22)11-7-17-10(3)19-16(11)23/h4-7,9H,1-3H3,(H,18,22)(H,20,21)(H,17,19,23). The summed E-state index contributed by atoms with van der Waals surface area (Å²) in [6.07, 6.45) is 1.28. The monoisotopic (exact) mass is 311 g/mol. The number of carbonyl (C=O) groups is 1. The van der Waals surface area contributed by atoms with E-state index in [-0.39, 0.29) is 11.6 Å². The number of hydrogen-bond acceptors (Lipinski definition) is 4. The van der Waals surface area contributed by atoms with Gasteiger partial charge in [0.25, 0.3) is 11.5 Å². The number of imidazole rings is 1. The highest BCUT2D eigenvalue weighted by molar-refractivity contribution is 5.93. The van der Waals surface area contributed by atoms with Crippen LogP contribution in [0.1, 0.15) is 40.5 Å². The van der Waals surface area contributed by atoms with Gasteiger partial charge in [-0.05, 0) is 38.5 Å². The van der Waals surface area contributed by atoms with E-state index in [0.717, 1.165) is 16.6 Å². The molecule has 118 valence electrons. The van der Waals surface area contributed by atoms with E-state index in [1.807, 2.05) is 25.1 Å². The van der Waals surface area contributed by atoms with Gasteiger partial charge < -0.3 is 15.3 Å². The average Bonchev–Trinajstić information content (AvgIpc) is 2.90. The van der Waals surface area contributed by atoms with Crippen LogP contribution < -0.4 is 10.9 Å². The molecule has 23 heavy (non-hydrogen) atoms. The fourth-order valence-electron chi connectivity index (χ4n) is 2.34. The molecule has 1 unspecified atom stereocenters. The van der Waals surface area contributed by atoms with E-state index in [9.17, 15) is 9.59 Å². The molecule has 0 saturated carbocycles. The number of carbonyl (C=O) groups excluding carboxylic acids is 1. The van der Waals surface area contributed by atoms with Crippen LogP contribution in [0.2, 0.25) is 0 Å². The Balaban J connectivity index is 1.83. The number of H-pyrrole nitrogens is 2. The van der Waals surface area contributed by atoms with E-state index in [4.69, 9.17) is 0 Å². The number of nitrogens with one attached hydrogen (secondary N) is 3. The first-order chi connectivity index (χ1) is 10.9. The van der Waals surface area contributed by atoms with E-state index in [1.165, 1.54) is 6.20 Å². The van der Waals surface area contributed by atoms with Gasteiger partial charge in [0.05, 0.1) is 17.1 Å². The summed E-state index contributed by atoms with van der Waals surface area (Å²) in [6.45, 7) is 5.46. The Bertz CT molecular complexity index is 941. The third-order valence-corrected chi connectivity index (χ3v) is 3.58. The fourth-order valence-corrected chi connectivity index (χ4v) is 2.34. The van der Waals surface area contributed by atoms with E-state index in [2.05, 4.69) is 25.3 Å². The van der Waals surface area contributed by atoms with Gasteiger partial charge in [0.2, 0.25) is 0 Å². The van der Waals surface area contributed by atoms with Gasteiger partial charge in [0.1, 0.15) is 17.2 Å². The SMILES string of the molecule is Cc1ccc2nc(C(C)NC(=O)c3cnc(C)[nH]c3=O)[nH]c2c1. The van der Waals surface area contributed by atoms with Crippen LogP contribution >= 0.6 is 0 Å². The summed E-state index contributed by atoms with van der Waals surface area (Å²) < 4.78 is 0. The number of hydrogen-bond donors (Lipinski definition) is 3. The molecule has 2 heterocycles. The highest BCUT2D eigenvalue weighted by Crippen LogP contribution is 2.17. The van der Waals surface area contributed by atoms with Crippen LogP contribution in [0.4, 0.5) is 0 Å². The predicted octanol–water partition coefficient (Wildman–Crippen LogP) is 1.75. The molecular weight excluding hydrogens is 294 g/mol. The molecule has 2 aromatic heterocycles. The van der Waals surface area contributed by atoms with Crippen molar-refractivity contribution in [2.45, 2.75) is 26.8 Å². The van der Waals surface area contributed by atoms with Gasteiger partial charge in [0.15, 0.2) is 0 Å². The molecule has 3 N–H and O–H groups in total. The third kappa shape index (κ3) is 2.98. The summed E-state index contributed by atoms with van der Waals surface area (Å²) in [7, 11) is 0. The summed E-state index contributed by atoms with van der Waals surface area (Å²) >= 11 is 0. The molecule has 0 aliphatic rings. The fraction of sp³-hybridized carbons (Fsp3) is 0.250. The van der Waals surface area contributed by atoms with Crippen LogP contribution in [0.25, 0.3) is 11.0 Å². The van der Waals surface area contributed by atoms with Gasteiger partial charge in [-0.2, -0.15) is 0 Å². The second-order valence-corrected chi connectivity index (χ2v) is 5.55. The molecule has 1 atom stereocenters. The zero-order valence-corrected chi connectivity index (χ0v) is 13.1. The predicted molar refractivity (Wildman–Crippen MR) is 86.3 cm³/mol. The normalized spacial score (nSPS) is 12.3. The van der Waals surface area contributed by atoms with E-state index < -0.39 is 11.5 Å². The molecule has 0 fully saturated rings. The molecule has 7 heteroatoms. The molecule has 0 aliphatic carbocycles. The first-order valence-electron chi connectivity index (χ1n) is 7.27. The van der Waals surface area contributed by atoms with Crippen LogP contribution in [0.5, 0.6) is 0 Å². The Labute approximate surface area is 132 Å². The van der Waals surface area contributed by atoms with Crippen LogP contribution in [0.15, 0.2) is 29.2 Å². The average molecular weight is 311 g/mol. The van der Waals surface area contributed by atoms with Crippen molar-refractivity contribution in [2.75, 3.05) is 0 Å². The number of benzene rings is 1. The summed E-state index contributed by atoms with van der Waals surface area (Å²) in [5.41, 5.74) is 2.40. The molecule has 0 bridgehead atoms. The molecule has 7 nitrogen and oxygen atoms in total. The molecule has 0 spiro atoms. The lowest BCUT2D eigenvalue weighted by molar-refractivity contribution is 0.0936. The molecule has 1 aromatic carbocycles. The quantitative estimate of drug-likeness (QED) is 0.685. The summed E-state index contributed by atoms with van der Waals surface area (Å²) in [4.78, 5) is 38.1. The maximum Gasteiger partial charge on any atom is 0.263 e. The second kappa shape index (κ2) is 5.68. The zero-order valence-electron chi connectivity index (χ0n) is 13.1. The number of aryl methyl sites for hydroxylation is 2. The minimum atomic E-state index is -0.483. The topological polar surface area (TPSA) is 104 Å². The molecule has 1 amide bonds. The van der Waals surface area contributed by atoms with Crippen molar-refractivity contribution in [3.63, 3.8) is 0 Å². The van der Waals surface area contributed by atoms with Crippen molar-refractivity contribution in [1.82, 2.24) is 25.3 Å². The maximum atomic E-state index is 12.2. The number of nitrogens with zero attached hydrogens (tertiary/aromatic N) is 2. The van der Waals surface area contributed by atoms with E-state index in [0.29, 0.717) is 11.6 Å². The van der Waals surface area contributed by atoms with Crippen molar-refractivity contribution < 1.29 is 4.79 Å².